The SMILES string of the molecule is CC(=O)CC(=O)c1cc(C(C)(C)C)c(O)c(C(C)(C)C)c1. The van der Waals surface area contributed by atoms with Crippen molar-refractivity contribution in [3.63, 3.8) is 0 Å². The van der Waals surface area contributed by atoms with Crippen LogP contribution in [0.25, 0.3) is 0 Å². The molecular formula is C18H26O3. The minimum Gasteiger partial charge on any atom is -0.507 e. The minimum absolute atomic E-state index is 0.0993. The molecule has 0 amide bonds. The van der Waals surface area contributed by atoms with Crippen LogP contribution in [0.5, 0.6) is 5.75 Å². The molecule has 0 aliphatic rings. The highest BCUT2D eigenvalue weighted by Crippen LogP contribution is 2.39. The molecule has 116 valence electrons. The van der Waals surface area contributed by atoms with Crippen molar-refractivity contribution in [3.05, 3.63) is 28.8 Å². The zero-order chi connectivity index (χ0) is 16.6. The van der Waals surface area contributed by atoms with Crippen LogP contribution in [0.2, 0.25) is 0 Å². The fraction of sp³-hybridized carbons (Fsp3) is 0.556. The van der Waals surface area contributed by atoms with Crippen LogP contribution in [0.1, 0.15) is 76.4 Å². The zero-order valence-electron chi connectivity index (χ0n) is 14.1. The predicted octanol–water partition coefficient (Wildman–Crippen LogP) is 4.15. The number of aromatic hydroxyl groups is 1. The molecule has 0 unspecified atom stereocenters. The summed E-state index contributed by atoms with van der Waals surface area (Å²) < 4.78 is 0. The lowest BCUT2D eigenvalue weighted by molar-refractivity contribution is -0.116. The number of ketones is 2. The molecule has 3 nitrogen and oxygen atoms in total. The number of phenolic OH excluding ortho intramolecular Hbond substituents is 1. The lowest BCUT2D eigenvalue weighted by Gasteiger charge is -2.28. The van der Waals surface area contributed by atoms with Crippen LogP contribution in [0.15, 0.2) is 12.1 Å². The van der Waals surface area contributed by atoms with Gasteiger partial charge in [-0.25, -0.2) is 0 Å². The summed E-state index contributed by atoms with van der Waals surface area (Å²) in [6.45, 7) is 13.4. The second-order valence-electron chi connectivity index (χ2n) is 7.72. The van der Waals surface area contributed by atoms with Crippen molar-refractivity contribution in [2.75, 3.05) is 0 Å². The molecule has 0 saturated heterocycles. The Morgan fingerprint density at radius 1 is 0.952 bits per heavy atom. The van der Waals surface area contributed by atoms with Gasteiger partial charge < -0.3 is 5.11 Å². The van der Waals surface area contributed by atoms with Crippen LogP contribution in [0.3, 0.4) is 0 Å². The van der Waals surface area contributed by atoms with Crippen molar-refractivity contribution in [1.29, 1.82) is 0 Å². The maximum Gasteiger partial charge on any atom is 0.170 e. The van der Waals surface area contributed by atoms with Gasteiger partial charge in [-0.3, -0.25) is 9.59 Å². The van der Waals surface area contributed by atoms with E-state index in [2.05, 4.69) is 0 Å². The van der Waals surface area contributed by atoms with Gasteiger partial charge in [0.05, 0.1) is 6.42 Å². The van der Waals surface area contributed by atoms with Crippen molar-refractivity contribution in [2.45, 2.75) is 65.7 Å². The Morgan fingerprint density at radius 3 is 1.62 bits per heavy atom. The van der Waals surface area contributed by atoms with E-state index in [1.54, 1.807) is 12.1 Å². The summed E-state index contributed by atoms with van der Waals surface area (Å²) in [4.78, 5) is 23.4. The second kappa shape index (κ2) is 5.63. The summed E-state index contributed by atoms with van der Waals surface area (Å²) in [6.07, 6.45) is -0.0993. The van der Waals surface area contributed by atoms with Gasteiger partial charge in [-0.05, 0) is 29.9 Å². The Kier molecular flexibility index (Phi) is 4.66. The van der Waals surface area contributed by atoms with Crippen LogP contribution >= 0.6 is 0 Å². The van der Waals surface area contributed by atoms with Crippen LogP contribution in [0.4, 0.5) is 0 Å². The largest absolute Gasteiger partial charge is 0.507 e. The first kappa shape index (κ1) is 17.4. The monoisotopic (exact) mass is 290 g/mol. The van der Waals surface area contributed by atoms with Gasteiger partial charge in [-0.15, -0.1) is 0 Å². The highest BCUT2D eigenvalue weighted by atomic mass is 16.3. The van der Waals surface area contributed by atoms with E-state index < -0.39 is 0 Å². The van der Waals surface area contributed by atoms with Crippen LogP contribution in [0, 0.1) is 0 Å². The normalized spacial score (nSPS) is 12.3. The maximum atomic E-state index is 12.2. The number of rotatable bonds is 3. The van der Waals surface area contributed by atoms with E-state index in [9.17, 15) is 14.7 Å². The highest BCUT2D eigenvalue weighted by molar-refractivity contribution is 6.07. The van der Waals surface area contributed by atoms with Gasteiger partial charge in [-0.1, -0.05) is 41.5 Å². The van der Waals surface area contributed by atoms with E-state index in [1.165, 1.54) is 6.92 Å². The first-order valence-corrected chi connectivity index (χ1v) is 7.24. The van der Waals surface area contributed by atoms with Crippen molar-refractivity contribution in [2.24, 2.45) is 0 Å². The number of Topliss-reactive ketones (excluding diaryl/α,β-unsaturated/α-hetero) is 2. The first-order valence-electron chi connectivity index (χ1n) is 7.24. The molecule has 0 aromatic heterocycles. The summed E-state index contributed by atoms with van der Waals surface area (Å²) >= 11 is 0. The topological polar surface area (TPSA) is 54.4 Å². The van der Waals surface area contributed by atoms with Crippen LogP contribution < -0.4 is 0 Å². The van der Waals surface area contributed by atoms with Gasteiger partial charge in [0.2, 0.25) is 0 Å². The third-order valence-electron chi connectivity index (χ3n) is 3.46. The fourth-order valence-electron chi connectivity index (χ4n) is 2.27. The molecule has 0 spiro atoms. The average molecular weight is 290 g/mol. The van der Waals surface area contributed by atoms with E-state index in [0.717, 1.165) is 11.1 Å². The molecule has 0 aliphatic heterocycles. The summed E-state index contributed by atoms with van der Waals surface area (Å²) in [5, 5.41) is 10.6. The van der Waals surface area contributed by atoms with Gasteiger partial charge >= 0.3 is 0 Å². The molecule has 0 saturated carbocycles. The van der Waals surface area contributed by atoms with Crippen molar-refractivity contribution < 1.29 is 14.7 Å². The molecule has 0 fully saturated rings. The number of carbonyl (C=O) groups excluding carboxylic acids is 2. The molecule has 0 bridgehead atoms. The maximum absolute atomic E-state index is 12.2. The van der Waals surface area contributed by atoms with Crippen molar-refractivity contribution in [3.8, 4) is 5.75 Å². The third kappa shape index (κ3) is 4.16. The fourth-order valence-corrected chi connectivity index (χ4v) is 2.27. The Morgan fingerprint density at radius 2 is 1.33 bits per heavy atom. The third-order valence-corrected chi connectivity index (χ3v) is 3.46. The molecular weight excluding hydrogens is 264 g/mol. The van der Waals surface area contributed by atoms with E-state index in [4.69, 9.17) is 0 Å². The van der Waals surface area contributed by atoms with Gasteiger partial charge in [-0.2, -0.15) is 0 Å². The van der Waals surface area contributed by atoms with Gasteiger partial charge in [0.1, 0.15) is 11.5 Å². The Hall–Kier alpha value is -1.64. The van der Waals surface area contributed by atoms with E-state index in [1.807, 2.05) is 41.5 Å². The molecule has 0 atom stereocenters. The number of carbonyl (C=O) groups is 2. The van der Waals surface area contributed by atoms with E-state index in [-0.39, 0.29) is 34.6 Å². The molecule has 21 heavy (non-hydrogen) atoms. The predicted molar refractivity (Wildman–Crippen MR) is 85.1 cm³/mol. The zero-order valence-corrected chi connectivity index (χ0v) is 14.1. The lowest BCUT2D eigenvalue weighted by Crippen LogP contribution is -2.19. The smallest absolute Gasteiger partial charge is 0.170 e. The number of benzene rings is 1. The highest BCUT2D eigenvalue weighted by Gasteiger charge is 2.27. The summed E-state index contributed by atoms with van der Waals surface area (Å²) in [7, 11) is 0. The number of hydrogen-bond donors (Lipinski definition) is 1. The van der Waals surface area contributed by atoms with Crippen molar-refractivity contribution in [1.82, 2.24) is 0 Å². The van der Waals surface area contributed by atoms with Crippen LogP contribution in [-0.2, 0) is 15.6 Å². The number of hydrogen-bond acceptors (Lipinski definition) is 3. The molecule has 1 aromatic carbocycles. The second-order valence-corrected chi connectivity index (χ2v) is 7.72. The van der Waals surface area contributed by atoms with E-state index >= 15 is 0 Å². The summed E-state index contributed by atoms with van der Waals surface area (Å²) in [5.74, 6) is -0.101. The molecule has 1 aromatic rings. The van der Waals surface area contributed by atoms with Crippen LogP contribution in [-0.4, -0.2) is 16.7 Å². The average Bonchev–Trinajstić information content (AvgIpc) is 2.24. The van der Waals surface area contributed by atoms with E-state index in [0.29, 0.717) is 5.56 Å². The lowest BCUT2D eigenvalue weighted by atomic mass is 9.78. The van der Waals surface area contributed by atoms with Crippen molar-refractivity contribution >= 4 is 11.6 Å². The summed E-state index contributed by atoms with van der Waals surface area (Å²) in [5.41, 5.74) is 1.41. The minimum atomic E-state index is -0.281. The Labute approximate surface area is 127 Å². The molecule has 1 rings (SSSR count). The number of phenols is 1. The molecule has 0 heterocycles. The molecule has 0 radical (unpaired) electrons. The van der Waals surface area contributed by atoms with Gasteiger partial charge in [0.25, 0.3) is 0 Å². The molecule has 0 aliphatic carbocycles. The summed E-state index contributed by atoms with van der Waals surface area (Å²) in [6, 6.07) is 3.44. The van der Waals surface area contributed by atoms with Gasteiger partial charge in [0, 0.05) is 16.7 Å². The first-order chi connectivity index (χ1) is 9.34. The molecule has 3 heteroatoms. The quantitative estimate of drug-likeness (QED) is 0.672. The van der Waals surface area contributed by atoms with Gasteiger partial charge in [0.15, 0.2) is 5.78 Å². The standard InChI is InChI=1S/C18H26O3/c1-11(19)8-15(20)12-9-13(17(2,3)4)16(21)14(10-12)18(5,6)7/h9-10,21H,8H2,1-7H3. The Balaban J connectivity index is 3.55. The molecule has 1 N–H and O–H groups in total. The Bertz CT molecular complexity index is 534.